The van der Waals surface area contributed by atoms with Crippen LogP contribution in [0.4, 0.5) is 5.13 Å². The average molecular weight is 407 g/mol. The Kier molecular flexibility index (Phi) is 6.41. The number of hydrogen-bond acceptors (Lipinski definition) is 7. The number of aromatic nitrogens is 1. The molecule has 0 unspecified atom stereocenters. The van der Waals surface area contributed by atoms with Crippen molar-refractivity contribution < 1.29 is 23.7 Å². The molecule has 0 saturated carbocycles. The molecule has 0 bridgehead atoms. The topological polar surface area (TPSA) is 78.9 Å². The molecule has 0 spiro atoms. The Hall–Kier alpha value is -1.74. The zero-order valence-corrected chi connectivity index (χ0v) is 16.9. The first-order valence-electron chi connectivity index (χ1n) is 9.75. The number of hydrogen-bond donors (Lipinski definition) is 1. The van der Waals surface area contributed by atoms with E-state index in [2.05, 4.69) is 16.4 Å². The third-order valence-electron chi connectivity index (χ3n) is 5.27. The van der Waals surface area contributed by atoms with Crippen molar-refractivity contribution in [3.63, 3.8) is 0 Å². The number of ether oxygens (including phenoxy) is 4. The summed E-state index contributed by atoms with van der Waals surface area (Å²) in [6.07, 6.45) is 2.38. The van der Waals surface area contributed by atoms with Gasteiger partial charge in [-0.1, -0.05) is 17.4 Å². The molecule has 1 aromatic carbocycles. The monoisotopic (exact) mass is 406 g/mol. The number of anilines is 1. The molecule has 3 heterocycles. The third kappa shape index (κ3) is 4.46. The highest BCUT2D eigenvalue weighted by molar-refractivity contribution is 7.22. The van der Waals surface area contributed by atoms with E-state index >= 15 is 0 Å². The molecule has 2 aromatic rings. The lowest BCUT2D eigenvalue weighted by atomic mass is 9.96. The Morgan fingerprint density at radius 2 is 1.93 bits per heavy atom. The molecule has 152 valence electrons. The summed E-state index contributed by atoms with van der Waals surface area (Å²) in [6.45, 7) is 3.95. The summed E-state index contributed by atoms with van der Waals surface area (Å²) >= 11 is 1.49. The van der Waals surface area contributed by atoms with Crippen molar-refractivity contribution in [3.05, 3.63) is 17.7 Å². The van der Waals surface area contributed by atoms with Gasteiger partial charge in [-0.2, -0.15) is 0 Å². The quantitative estimate of drug-likeness (QED) is 0.822. The van der Waals surface area contributed by atoms with Gasteiger partial charge in [0.15, 0.2) is 5.13 Å². The minimum absolute atomic E-state index is 0.00704. The summed E-state index contributed by atoms with van der Waals surface area (Å²) in [7, 11) is 1.63. The number of thiazole rings is 1. The van der Waals surface area contributed by atoms with Gasteiger partial charge in [0, 0.05) is 25.6 Å². The Morgan fingerprint density at radius 3 is 2.64 bits per heavy atom. The molecule has 7 nitrogen and oxygen atoms in total. The second kappa shape index (κ2) is 9.17. The summed E-state index contributed by atoms with van der Waals surface area (Å²) in [5.74, 6) is 1.23. The lowest BCUT2D eigenvalue weighted by Gasteiger charge is -2.20. The van der Waals surface area contributed by atoms with Crippen molar-refractivity contribution in [3.8, 4) is 5.75 Å². The normalized spacial score (nSPS) is 19.5. The number of amides is 1. The lowest BCUT2D eigenvalue weighted by Crippen LogP contribution is -2.22. The van der Waals surface area contributed by atoms with Crippen LogP contribution >= 0.6 is 11.3 Å². The zero-order chi connectivity index (χ0) is 19.3. The van der Waals surface area contributed by atoms with E-state index in [4.69, 9.17) is 18.9 Å². The minimum atomic E-state index is 0.00704. The standard InChI is InChI=1S/C20H26N2O5S/c1-24-16-3-2-15(14-11-26-8-9-27-12-14)19-18(16)22-20(28-19)21-17(23)10-13-4-6-25-7-5-13/h2-3,13-14H,4-12H2,1H3,(H,21,22,23). The summed E-state index contributed by atoms with van der Waals surface area (Å²) in [5.41, 5.74) is 1.90. The van der Waals surface area contributed by atoms with Crippen molar-refractivity contribution in [2.75, 3.05) is 52.1 Å². The predicted octanol–water partition coefficient (Wildman–Crippen LogP) is 3.19. The number of nitrogens with one attached hydrogen (secondary N) is 1. The summed E-state index contributed by atoms with van der Waals surface area (Å²) in [6, 6.07) is 3.98. The van der Waals surface area contributed by atoms with Crippen LogP contribution in [0.2, 0.25) is 0 Å². The minimum Gasteiger partial charge on any atom is -0.494 e. The number of fused-ring (bicyclic) bond motifs is 1. The molecule has 2 fully saturated rings. The van der Waals surface area contributed by atoms with Crippen LogP contribution in [0.1, 0.15) is 30.7 Å². The van der Waals surface area contributed by atoms with Gasteiger partial charge < -0.3 is 24.3 Å². The first kappa shape index (κ1) is 19.6. The molecular weight excluding hydrogens is 380 g/mol. The van der Waals surface area contributed by atoms with Gasteiger partial charge in [0.1, 0.15) is 11.3 Å². The first-order chi connectivity index (χ1) is 13.7. The fourth-order valence-electron chi connectivity index (χ4n) is 3.72. The summed E-state index contributed by atoms with van der Waals surface area (Å²) in [4.78, 5) is 17.1. The van der Waals surface area contributed by atoms with Crippen LogP contribution < -0.4 is 10.1 Å². The second-order valence-electron chi connectivity index (χ2n) is 7.21. The molecule has 4 rings (SSSR count). The van der Waals surface area contributed by atoms with Gasteiger partial charge in [0.25, 0.3) is 0 Å². The van der Waals surface area contributed by atoms with E-state index in [-0.39, 0.29) is 11.8 Å². The van der Waals surface area contributed by atoms with E-state index in [1.165, 1.54) is 11.3 Å². The highest BCUT2D eigenvalue weighted by Crippen LogP contribution is 2.38. The Labute approximate surface area is 168 Å². The van der Waals surface area contributed by atoms with Crippen LogP contribution in [0.15, 0.2) is 12.1 Å². The highest BCUT2D eigenvalue weighted by atomic mass is 32.1. The Bertz CT molecular complexity index is 810. The van der Waals surface area contributed by atoms with Crippen LogP contribution in [-0.4, -0.2) is 57.6 Å². The molecule has 0 radical (unpaired) electrons. The second-order valence-corrected chi connectivity index (χ2v) is 8.21. The van der Waals surface area contributed by atoms with Gasteiger partial charge in [-0.25, -0.2) is 4.98 Å². The molecule has 1 N–H and O–H groups in total. The molecule has 28 heavy (non-hydrogen) atoms. The Morgan fingerprint density at radius 1 is 1.18 bits per heavy atom. The van der Waals surface area contributed by atoms with Gasteiger partial charge in [-0.05, 0) is 30.4 Å². The van der Waals surface area contributed by atoms with E-state index in [1.54, 1.807) is 7.11 Å². The largest absolute Gasteiger partial charge is 0.494 e. The van der Waals surface area contributed by atoms with Crippen LogP contribution in [0.5, 0.6) is 5.75 Å². The van der Waals surface area contributed by atoms with Crippen LogP contribution in [0.3, 0.4) is 0 Å². The number of methoxy groups -OCH3 is 1. The molecule has 8 heteroatoms. The van der Waals surface area contributed by atoms with Crippen molar-refractivity contribution >= 4 is 32.6 Å². The van der Waals surface area contributed by atoms with E-state index in [9.17, 15) is 4.79 Å². The lowest BCUT2D eigenvalue weighted by molar-refractivity contribution is -0.117. The van der Waals surface area contributed by atoms with Crippen molar-refractivity contribution in [2.24, 2.45) is 5.92 Å². The molecule has 2 aliphatic heterocycles. The van der Waals surface area contributed by atoms with Crippen LogP contribution in [0.25, 0.3) is 10.2 Å². The number of nitrogens with zero attached hydrogens (tertiary/aromatic N) is 1. The number of benzene rings is 1. The molecule has 0 aliphatic carbocycles. The molecule has 1 aromatic heterocycles. The van der Waals surface area contributed by atoms with Gasteiger partial charge in [0.2, 0.25) is 5.91 Å². The molecule has 0 atom stereocenters. The maximum atomic E-state index is 12.5. The van der Waals surface area contributed by atoms with E-state index in [1.807, 2.05) is 6.07 Å². The van der Waals surface area contributed by atoms with Crippen molar-refractivity contribution in [2.45, 2.75) is 25.2 Å². The van der Waals surface area contributed by atoms with Gasteiger partial charge in [-0.3, -0.25) is 4.79 Å². The Balaban J connectivity index is 1.55. The molecule has 2 saturated heterocycles. The van der Waals surface area contributed by atoms with Crippen molar-refractivity contribution in [1.82, 2.24) is 4.98 Å². The fourth-order valence-corrected chi connectivity index (χ4v) is 4.81. The summed E-state index contributed by atoms with van der Waals surface area (Å²) in [5, 5.41) is 3.59. The maximum absolute atomic E-state index is 12.5. The number of carbonyl (C=O) groups is 1. The maximum Gasteiger partial charge on any atom is 0.226 e. The third-order valence-corrected chi connectivity index (χ3v) is 6.29. The van der Waals surface area contributed by atoms with E-state index < -0.39 is 0 Å². The van der Waals surface area contributed by atoms with E-state index in [0.717, 1.165) is 41.8 Å². The van der Waals surface area contributed by atoms with E-state index in [0.29, 0.717) is 49.6 Å². The highest BCUT2D eigenvalue weighted by Gasteiger charge is 2.23. The average Bonchev–Trinajstić information content (AvgIpc) is 2.94. The number of carbonyl (C=O) groups excluding carboxylic acids is 1. The number of rotatable bonds is 5. The smallest absolute Gasteiger partial charge is 0.226 e. The van der Waals surface area contributed by atoms with Crippen LogP contribution in [-0.2, 0) is 19.0 Å². The fraction of sp³-hybridized carbons (Fsp3) is 0.600. The zero-order valence-electron chi connectivity index (χ0n) is 16.1. The molecule has 1 amide bonds. The SMILES string of the molecule is COc1ccc(C2COCCOC2)c2sc(NC(=O)CC3CCOCC3)nc12. The van der Waals surface area contributed by atoms with Gasteiger partial charge in [-0.15, -0.1) is 0 Å². The first-order valence-corrected chi connectivity index (χ1v) is 10.6. The molecular formula is C20H26N2O5S. The predicted molar refractivity (Wildman–Crippen MR) is 107 cm³/mol. The van der Waals surface area contributed by atoms with Crippen LogP contribution in [0, 0.1) is 5.92 Å². The van der Waals surface area contributed by atoms with Crippen molar-refractivity contribution in [1.29, 1.82) is 0 Å². The van der Waals surface area contributed by atoms with Gasteiger partial charge in [0.05, 0.1) is 38.2 Å². The van der Waals surface area contributed by atoms with Gasteiger partial charge >= 0.3 is 0 Å². The molecule has 2 aliphatic rings. The summed E-state index contributed by atoms with van der Waals surface area (Å²) < 4.78 is 23.2.